The maximum Gasteiger partial charge on any atom is -0.0225 e. The zero-order valence-corrected chi connectivity index (χ0v) is 9.30. The van der Waals surface area contributed by atoms with E-state index < -0.39 is 0 Å². The molecule has 1 aromatic rings. The lowest BCUT2D eigenvalue weighted by Crippen LogP contribution is -1.88. The second-order valence-electron chi connectivity index (χ2n) is 4.47. The number of hydrogen-bond acceptors (Lipinski definition) is 0. The van der Waals surface area contributed by atoms with Crippen LogP contribution in [0.4, 0.5) is 0 Å². The third kappa shape index (κ3) is 1.61. The number of aryl methyl sites for hydroxylation is 1. The van der Waals surface area contributed by atoms with Crippen LogP contribution in [-0.4, -0.2) is 0 Å². The van der Waals surface area contributed by atoms with Crippen molar-refractivity contribution in [1.29, 1.82) is 0 Å². The molecule has 74 valence electrons. The molecule has 0 bridgehead atoms. The Morgan fingerprint density at radius 3 is 2.21 bits per heavy atom. The Balaban J connectivity index is 2.36. The highest BCUT2D eigenvalue weighted by molar-refractivity contribution is 5.70. The Labute approximate surface area is 86.7 Å². The maximum atomic E-state index is 2.33. The van der Waals surface area contributed by atoms with Crippen molar-refractivity contribution < 1.29 is 0 Å². The van der Waals surface area contributed by atoms with Gasteiger partial charge in [-0.3, -0.25) is 0 Å². The van der Waals surface area contributed by atoms with Crippen LogP contribution in [0.25, 0.3) is 5.57 Å². The summed E-state index contributed by atoms with van der Waals surface area (Å²) in [6, 6.07) is 8.93. The molecule has 0 aromatic heterocycles. The van der Waals surface area contributed by atoms with E-state index in [0.29, 0.717) is 0 Å². The van der Waals surface area contributed by atoms with E-state index >= 15 is 0 Å². The first kappa shape index (κ1) is 9.51. The highest BCUT2D eigenvalue weighted by Gasteiger charge is 2.18. The fraction of sp³-hybridized carbons (Fsp3) is 0.429. The first-order valence-electron chi connectivity index (χ1n) is 5.45. The molecule has 0 fully saturated rings. The SMILES string of the molecule is CC1=C(c2ccc(C)cc2)CCC1C. The van der Waals surface area contributed by atoms with E-state index in [9.17, 15) is 0 Å². The fourth-order valence-electron chi connectivity index (χ4n) is 2.20. The molecule has 0 aliphatic heterocycles. The van der Waals surface area contributed by atoms with Crippen LogP contribution in [0.1, 0.15) is 37.8 Å². The van der Waals surface area contributed by atoms with E-state index in [2.05, 4.69) is 45.0 Å². The van der Waals surface area contributed by atoms with Gasteiger partial charge in [0.05, 0.1) is 0 Å². The van der Waals surface area contributed by atoms with Gasteiger partial charge in [0.25, 0.3) is 0 Å². The van der Waals surface area contributed by atoms with Gasteiger partial charge in [-0.15, -0.1) is 0 Å². The van der Waals surface area contributed by atoms with Crippen LogP contribution in [0.2, 0.25) is 0 Å². The van der Waals surface area contributed by atoms with Gasteiger partial charge in [0.15, 0.2) is 0 Å². The summed E-state index contributed by atoms with van der Waals surface area (Å²) in [5.41, 5.74) is 5.95. The molecule has 0 heterocycles. The van der Waals surface area contributed by atoms with Gasteiger partial charge in [-0.25, -0.2) is 0 Å². The number of hydrogen-bond donors (Lipinski definition) is 0. The molecule has 0 amide bonds. The molecule has 1 atom stereocenters. The zero-order valence-electron chi connectivity index (χ0n) is 9.30. The second kappa shape index (κ2) is 3.61. The lowest BCUT2D eigenvalue weighted by atomic mass is 10.00. The van der Waals surface area contributed by atoms with E-state index in [0.717, 1.165) is 5.92 Å². The van der Waals surface area contributed by atoms with Gasteiger partial charge >= 0.3 is 0 Å². The number of allylic oxidation sites excluding steroid dienone is 2. The molecule has 1 aromatic carbocycles. The van der Waals surface area contributed by atoms with Crippen molar-refractivity contribution in [2.75, 3.05) is 0 Å². The monoisotopic (exact) mass is 186 g/mol. The maximum absolute atomic E-state index is 2.33. The molecule has 0 spiro atoms. The largest absolute Gasteiger partial charge is 0.0667 e. The molecule has 0 nitrogen and oxygen atoms in total. The van der Waals surface area contributed by atoms with Gasteiger partial charge in [0.2, 0.25) is 0 Å². The van der Waals surface area contributed by atoms with Crippen molar-refractivity contribution in [3.8, 4) is 0 Å². The molecule has 0 heteroatoms. The van der Waals surface area contributed by atoms with Crippen LogP contribution >= 0.6 is 0 Å². The summed E-state index contributed by atoms with van der Waals surface area (Å²) in [5.74, 6) is 0.784. The van der Waals surface area contributed by atoms with Gasteiger partial charge in [-0.05, 0) is 43.7 Å². The van der Waals surface area contributed by atoms with Crippen LogP contribution in [0.15, 0.2) is 29.8 Å². The Morgan fingerprint density at radius 2 is 1.71 bits per heavy atom. The molecule has 2 rings (SSSR count). The summed E-state index contributed by atoms with van der Waals surface area (Å²) in [6.45, 7) is 6.76. The summed E-state index contributed by atoms with van der Waals surface area (Å²) < 4.78 is 0. The van der Waals surface area contributed by atoms with Crippen LogP contribution < -0.4 is 0 Å². The van der Waals surface area contributed by atoms with Crippen molar-refractivity contribution in [2.24, 2.45) is 5.92 Å². The van der Waals surface area contributed by atoms with Crippen molar-refractivity contribution in [1.82, 2.24) is 0 Å². The van der Waals surface area contributed by atoms with E-state index in [1.54, 1.807) is 11.1 Å². The lowest BCUT2D eigenvalue weighted by molar-refractivity contribution is 0.671. The number of rotatable bonds is 1. The Kier molecular flexibility index (Phi) is 2.45. The molecule has 1 aliphatic rings. The standard InChI is InChI=1S/C14H18/c1-10-4-7-13(8-5-10)14-9-6-11(2)12(14)3/h4-5,7-8,11H,6,9H2,1-3H3. The predicted octanol–water partition coefficient (Wildman–Crippen LogP) is 4.20. The molecule has 0 saturated heterocycles. The van der Waals surface area contributed by atoms with Crippen molar-refractivity contribution in [2.45, 2.75) is 33.6 Å². The molecule has 0 N–H and O–H groups in total. The molecular weight excluding hydrogens is 168 g/mol. The quantitative estimate of drug-likeness (QED) is 0.616. The highest BCUT2D eigenvalue weighted by Crippen LogP contribution is 2.37. The summed E-state index contributed by atoms with van der Waals surface area (Å²) in [5, 5.41) is 0. The summed E-state index contributed by atoms with van der Waals surface area (Å²) in [4.78, 5) is 0. The molecule has 14 heavy (non-hydrogen) atoms. The Bertz CT molecular complexity index is 354. The normalized spacial score (nSPS) is 21.8. The average Bonchev–Trinajstić information content (AvgIpc) is 2.50. The Hall–Kier alpha value is -1.04. The van der Waals surface area contributed by atoms with Crippen molar-refractivity contribution in [3.63, 3.8) is 0 Å². The van der Waals surface area contributed by atoms with E-state index in [4.69, 9.17) is 0 Å². The third-order valence-corrected chi connectivity index (χ3v) is 3.44. The van der Waals surface area contributed by atoms with Gasteiger partial charge in [0.1, 0.15) is 0 Å². The van der Waals surface area contributed by atoms with Crippen molar-refractivity contribution >= 4 is 5.57 Å². The second-order valence-corrected chi connectivity index (χ2v) is 4.47. The van der Waals surface area contributed by atoms with Crippen LogP contribution in [0.3, 0.4) is 0 Å². The van der Waals surface area contributed by atoms with E-state index in [1.165, 1.54) is 24.0 Å². The average molecular weight is 186 g/mol. The summed E-state index contributed by atoms with van der Waals surface area (Å²) in [7, 11) is 0. The fourth-order valence-corrected chi connectivity index (χ4v) is 2.20. The van der Waals surface area contributed by atoms with E-state index in [1.807, 2.05) is 0 Å². The summed E-state index contributed by atoms with van der Waals surface area (Å²) >= 11 is 0. The molecule has 0 saturated carbocycles. The first-order chi connectivity index (χ1) is 6.68. The van der Waals surface area contributed by atoms with Crippen molar-refractivity contribution in [3.05, 3.63) is 41.0 Å². The minimum Gasteiger partial charge on any atom is -0.0667 e. The third-order valence-electron chi connectivity index (χ3n) is 3.44. The molecule has 1 aliphatic carbocycles. The van der Waals surface area contributed by atoms with Gasteiger partial charge in [-0.1, -0.05) is 42.3 Å². The minimum atomic E-state index is 0.784. The van der Waals surface area contributed by atoms with E-state index in [-0.39, 0.29) is 0 Å². The zero-order chi connectivity index (χ0) is 10.1. The molecule has 0 radical (unpaired) electrons. The lowest BCUT2D eigenvalue weighted by Gasteiger charge is -2.06. The summed E-state index contributed by atoms with van der Waals surface area (Å²) in [6.07, 6.45) is 2.59. The molecule has 1 unspecified atom stereocenters. The predicted molar refractivity (Wildman–Crippen MR) is 62.2 cm³/mol. The molecular formula is C14H18. The van der Waals surface area contributed by atoms with Crippen LogP contribution in [-0.2, 0) is 0 Å². The van der Waals surface area contributed by atoms with Gasteiger partial charge < -0.3 is 0 Å². The van der Waals surface area contributed by atoms with Gasteiger partial charge in [-0.2, -0.15) is 0 Å². The Morgan fingerprint density at radius 1 is 1.07 bits per heavy atom. The highest BCUT2D eigenvalue weighted by atomic mass is 14.2. The topological polar surface area (TPSA) is 0 Å². The minimum absolute atomic E-state index is 0.784. The van der Waals surface area contributed by atoms with Crippen LogP contribution in [0, 0.1) is 12.8 Å². The van der Waals surface area contributed by atoms with Gasteiger partial charge in [0, 0.05) is 0 Å². The smallest absolute Gasteiger partial charge is 0.0225 e. The van der Waals surface area contributed by atoms with Crippen LogP contribution in [0.5, 0.6) is 0 Å². The number of benzene rings is 1. The first-order valence-corrected chi connectivity index (χ1v) is 5.45.